The third-order valence-electron chi connectivity index (χ3n) is 3.66. The Labute approximate surface area is 125 Å². The van der Waals surface area contributed by atoms with Gasteiger partial charge in [0.1, 0.15) is 5.82 Å². The molecule has 0 saturated heterocycles. The van der Waals surface area contributed by atoms with Crippen LogP contribution in [0, 0.1) is 5.82 Å². The van der Waals surface area contributed by atoms with E-state index in [2.05, 4.69) is 43.8 Å². The lowest BCUT2D eigenvalue weighted by molar-refractivity contribution is 0.192. The summed E-state index contributed by atoms with van der Waals surface area (Å²) >= 11 is 7.11. The van der Waals surface area contributed by atoms with Crippen LogP contribution in [0.3, 0.4) is 0 Å². The van der Waals surface area contributed by atoms with E-state index in [9.17, 15) is 4.39 Å². The van der Waals surface area contributed by atoms with Gasteiger partial charge in [-0.2, -0.15) is 0 Å². The molecule has 0 radical (unpaired) electrons. The van der Waals surface area contributed by atoms with Crippen LogP contribution in [0.2, 0.25) is 0 Å². The van der Waals surface area contributed by atoms with Crippen molar-refractivity contribution >= 4 is 31.9 Å². The molecule has 0 N–H and O–H groups in total. The van der Waals surface area contributed by atoms with Crippen LogP contribution in [0.5, 0.6) is 0 Å². The zero-order valence-corrected chi connectivity index (χ0v) is 13.7. The van der Waals surface area contributed by atoms with Crippen molar-refractivity contribution in [3.8, 4) is 0 Å². The molecule has 0 spiro atoms. The maximum atomic E-state index is 13.5. The molecule has 2 rings (SSSR count). The van der Waals surface area contributed by atoms with E-state index in [0.29, 0.717) is 15.3 Å². The van der Waals surface area contributed by atoms with E-state index in [1.54, 1.807) is 6.07 Å². The molecule has 18 heavy (non-hydrogen) atoms. The van der Waals surface area contributed by atoms with Crippen LogP contribution >= 0.6 is 31.9 Å². The van der Waals surface area contributed by atoms with Gasteiger partial charge < -0.3 is 0 Å². The van der Waals surface area contributed by atoms with Crippen LogP contribution in [0.1, 0.15) is 31.2 Å². The number of alkyl halides is 1. The maximum Gasteiger partial charge on any atom is 0.137 e. The summed E-state index contributed by atoms with van der Waals surface area (Å²) < 4.78 is 14.1. The Morgan fingerprint density at radius 3 is 2.78 bits per heavy atom. The Kier molecular flexibility index (Phi) is 5.22. The molecule has 100 valence electrons. The first-order valence-corrected chi connectivity index (χ1v) is 8.07. The monoisotopic (exact) mass is 377 g/mol. The van der Waals surface area contributed by atoms with Gasteiger partial charge >= 0.3 is 0 Å². The topological polar surface area (TPSA) is 3.24 Å². The van der Waals surface area contributed by atoms with E-state index in [1.807, 2.05) is 6.07 Å². The van der Waals surface area contributed by atoms with Gasteiger partial charge in [0.2, 0.25) is 0 Å². The molecule has 1 aliphatic carbocycles. The molecule has 1 aromatic carbocycles. The SMILES string of the molecule is CN(Cc1cccc(F)c1Br)C1CCCCC1Br. The normalized spacial score (nSPS) is 24.5. The van der Waals surface area contributed by atoms with Gasteiger partial charge in [0.05, 0.1) is 4.47 Å². The first-order valence-electron chi connectivity index (χ1n) is 6.37. The fourth-order valence-electron chi connectivity index (χ4n) is 2.62. The summed E-state index contributed by atoms with van der Waals surface area (Å²) in [6, 6.07) is 5.79. The van der Waals surface area contributed by atoms with E-state index < -0.39 is 0 Å². The van der Waals surface area contributed by atoms with Crippen molar-refractivity contribution in [2.75, 3.05) is 7.05 Å². The minimum Gasteiger partial charge on any atom is -0.298 e. The fraction of sp³-hybridized carbons (Fsp3) is 0.571. The molecule has 0 bridgehead atoms. The lowest BCUT2D eigenvalue weighted by atomic mass is 9.94. The minimum absolute atomic E-state index is 0.181. The summed E-state index contributed by atoms with van der Waals surface area (Å²) in [6.07, 6.45) is 5.06. The van der Waals surface area contributed by atoms with Gasteiger partial charge in [-0.3, -0.25) is 4.90 Å². The molecule has 1 aromatic rings. The van der Waals surface area contributed by atoms with Crippen molar-refractivity contribution in [3.63, 3.8) is 0 Å². The van der Waals surface area contributed by atoms with Crippen molar-refractivity contribution in [1.29, 1.82) is 0 Å². The van der Waals surface area contributed by atoms with Crippen LogP contribution in [-0.4, -0.2) is 22.8 Å². The molecule has 0 amide bonds. The average molecular weight is 379 g/mol. The van der Waals surface area contributed by atoms with E-state index in [-0.39, 0.29) is 5.82 Å². The second-order valence-electron chi connectivity index (χ2n) is 5.00. The van der Waals surface area contributed by atoms with E-state index >= 15 is 0 Å². The van der Waals surface area contributed by atoms with Crippen LogP contribution in [0.15, 0.2) is 22.7 Å². The third kappa shape index (κ3) is 3.34. The second-order valence-corrected chi connectivity index (χ2v) is 6.96. The summed E-state index contributed by atoms with van der Waals surface area (Å²) in [5, 5.41) is 0. The van der Waals surface area contributed by atoms with Gasteiger partial charge in [-0.1, -0.05) is 40.9 Å². The summed E-state index contributed by atoms with van der Waals surface area (Å²) in [7, 11) is 2.13. The van der Waals surface area contributed by atoms with Gasteiger partial charge in [0.15, 0.2) is 0 Å². The summed E-state index contributed by atoms with van der Waals surface area (Å²) in [6.45, 7) is 0.783. The first kappa shape index (κ1) is 14.5. The van der Waals surface area contributed by atoms with Crippen LogP contribution < -0.4 is 0 Å². The predicted octanol–water partition coefficient (Wildman–Crippen LogP) is 4.73. The first-order chi connectivity index (χ1) is 8.59. The number of benzene rings is 1. The van der Waals surface area contributed by atoms with Gasteiger partial charge in [0, 0.05) is 17.4 Å². The fourth-order valence-corrected chi connectivity index (χ4v) is 4.00. The molecule has 1 saturated carbocycles. The van der Waals surface area contributed by atoms with Gasteiger partial charge in [-0.05, 0) is 47.4 Å². The number of hydrogen-bond donors (Lipinski definition) is 0. The molecule has 0 aliphatic heterocycles. The molecular weight excluding hydrogens is 361 g/mol. The van der Waals surface area contributed by atoms with Crippen LogP contribution in [-0.2, 0) is 6.54 Å². The van der Waals surface area contributed by atoms with Crippen molar-refractivity contribution in [1.82, 2.24) is 4.90 Å². The number of hydrogen-bond acceptors (Lipinski definition) is 1. The van der Waals surface area contributed by atoms with Crippen molar-refractivity contribution in [2.24, 2.45) is 0 Å². The lowest BCUT2D eigenvalue weighted by Crippen LogP contribution is -2.40. The van der Waals surface area contributed by atoms with Crippen molar-refractivity contribution < 1.29 is 4.39 Å². The molecule has 1 nitrogen and oxygen atoms in total. The summed E-state index contributed by atoms with van der Waals surface area (Å²) in [5.74, 6) is -0.181. The van der Waals surface area contributed by atoms with E-state index in [1.165, 1.54) is 31.7 Å². The molecule has 2 unspecified atom stereocenters. The zero-order chi connectivity index (χ0) is 13.1. The van der Waals surface area contributed by atoms with Crippen LogP contribution in [0.4, 0.5) is 4.39 Å². The highest BCUT2D eigenvalue weighted by molar-refractivity contribution is 9.10. The third-order valence-corrected chi connectivity index (χ3v) is 5.62. The van der Waals surface area contributed by atoms with E-state index in [4.69, 9.17) is 0 Å². The molecule has 2 atom stereocenters. The Balaban J connectivity index is 2.06. The standard InChI is InChI=1S/C14H18Br2FN/c1-18(13-8-3-2-6-11(13)15)9-10-5-4-7-12(17)14(10)16/h4-5,7,11,13H,2-3,6,8-9H2,1H3. The molecule has 4 heteroatoms. The number of rotatable bonds is 3. The highest BCUT2D eigenvalue weighted by Gasteiger charge is 2.26. The Morgan fingerprint density at radius 2 is 2.06 bits per heavy atom. The molecule has 0 aromatic heterocycles. The van der Waals surface area contributed by atoms with Gasteiger partial charge in [-0.15, -0.1) is 0 Å². The predicted molar refractivity (Wildman–Crippen MR) is 80.5 cm³/mol. The Bertz CT molecular complexity index is 411. The number of nitrogens with zero attached hydrogens (tertiary/aromatic N) is 1. The highest BCUT2D eigenvalue weighted by Crippen LogP contribution is 2.30. The quantitative estimate of drug-likeness (QED) is 0.687. The van der Waals surface area contributed by atoms with Gasteiger partial charge in [-0.25, -0.2) is 4.39 Å². The lowest BCUT2D eigenvalue weighted by Gasteiger charge is -2.35. The van der Waals surface area contributed by atoms with Crippen molar-refractivity contribution in [2.45, 2.75) is 43.1 Å². The zero-order valence-electron chi connectivity index (χ0n) is 10.5. The smallest absolute Gasteiger partial charge is 0.137 e. The summed E-state index contributed by atoms with van der Waals surface area (Å²) in [5.41, 5.74) is 1.02. The van der Waals surface area contributed by atoms with E-state index in [0.717, 1.165) is 12.1 Å². The maximum absolute atomic E-state index is 13.5. The highest BCUT2D eigenvalue weighted by atomic mass is 79.9. The van der Waals surface area contributed by atoms with Gasteiger partial charge in [0.25, 0.3) is 0 Å². The molecule has 1 aliphatic rings. The second kappa shape index (κ2) is 6.49. The largest absolute Gasteiger partial charge is 0.298 e. The molecule has 0 heterocycles. The number of halogens is 3. The van der Waals surface area contributed by atoms with Crippen molar-refractivity contribution in [3.05, 3.63) is 34.1 Å². The molecular formula is C14H18Br2FN. The Morgan fingerprint density at radius 1 is 1.33 bits per heavy atom. The Hall–Kier alpha value is 0.0700. The molecule has 1 fully saturated rings. The van der Waals surface area contributed by atoms with Crippen LogP contribution in [0.25, 0.3) is 0 Å². The summed E-state index contributed by atoms with van der Waals surface area (Å²) in [4.78, 5) is 2.89. The minimum atomic E-state index is -0.181. The average Bonchev–Trinajstić information content (AvgIpc) is 2.35.